The van der Waals surface area contributed by atoms with Crippen molar-refractivity contribution in [2.24, 2.45) is 5.92 Å². The van der Waals surface area contributed by atoms with Gasteiger partial charge in [0.1, 0.15) is 0 Å². The van der Waals surface area contributed by atoms with Gasteiger partial charge in [0.2, 0.25) is 15.9 Å². The van der Waals surface area contributed by atoms with Gasteiger partial charge >= 0.3 is 0 Å². The van der Waals surface area contributed by atoms with Gasteiger partial charge in [0.15, 0.2) is 0 Å². The molecule has 0 radical (unpaired) electrons. The Hall–Kier alpha value is -0.820. The summed E-state index contributed by atoms with van der Waals surface area (Å²) in [5, 5.41) is 3.36. The summed E-state index contributed by atoms with van der Waals surface area (Å²) in [5.74, 6) is -0.326. The lowest BCUT2D eigenvalue weighted by atomic mass is 10.2. The van der Waals surface area contributed by atoms with E-state index in [1.807, 2.05) is 13.8 Å². The lowest BCUT2D eigenvalue weighted by Gasteiger charge is -2.21. The van der Waals surface area contributed by atoms with Crippen LogP contribution < -0.4 is 5.32 Å². The van der Waals surface area contributed by atoms with E-state index in [2.05, 4.69) is 5.32 Å². The van der Waals surface area contributed by atoms with Crippen LogP contribution in [0, 0.1) is 5.92 Å². The van der Waals surface area contributed by atoms with Gasteiger partial charge in [-0.15, -0.1) is 0 Å². The Kier molecular flexibility index (Phi) is 6.46. The molecule has 5 nitrogen and oxygen atoms in total. The molecule has 0 atom stereocenters. The van der Waals surface area contributed by atoms with Crippen LogP contribution in [0.5, 0.6) is 0 Å². The van der Waals surface area contributed by atoms with Crippen molar-refractivity contribution in [2.75, 3.05) is 24.7 Å². The van der Waals surface area contributed by atoms with Gasteiger partial charge in [-0.2, -0.15) is 4.31 Å². The summed E-state index contributed by atoms with van der Waals surface area (Å²) >= 11 is 11.7. The van der Waals surface area contributed by atoms with Crippen molar-refractivity contribution in [1.82, 2.24) is 4.31 Å². The zero-order chi connectivity index (χ0) is 16.2. The molecule has 1 aromatic carbocycles. The molecule has 21 heavy (non-hydrogen) atoms. The first-order chi connectivity index (χ1) is 9.57. The second-order valence-corrected chi connectivity index (χ2v) is 8.01. The van der Waals surface area contributed by atoms with Crippen molar-refractivity contribution in [3.63, 3.8) is 0 Å². The molecule has 0 aromatic heterocycles. The molecule has 0 aliphatic carbocycles. The van der Waals surface area contributed by atoms with E-state index in [1.165, 1.54) is 0 Å². The average Bonchev–Trinajstić information content (AvgIpc) is 2.24. The zero-order valence-electron chi connectivity index (χ0n) is 12.1. The fourth-order valence-electron chi connectivity index (χ4n) is 1.71. The van der Waals surface area contributed by atoms with Crippen LogP contribution >= 0.6 is 23.2 Å². The van der Waals surface area contributed by atoms with Gasteiger partial charge in [0.05, 0.1) is 12.8 Å². The first-order valence-corrected chi connectivity index (χ1v) is 8.89. The van der Waals surface area contributed by atoms with Gasteiger partial charge in [0, 0.05) is 22.3 Å². The minimum atomic E-state index is -3.44. The second kappa shape index (κ2) is 7.45. The largest absolute Gasteiger partial charge is 0.325 e. The van der Waals surface area contributed by atoms with Crippen LogP contribution in [0.2, 0.25) is 10.0 Å². The third-order valence-electron chi connectivity index (χ3n) is 2.50. The smallest absolute Gasteiger partial charge is 0.239 e. The lowest BCUT2D eigenvalue weighted by molar-refractivity contribution is -0.116. The van der Waals surface area contributed by atoms with Crippen LogP contribution in [0.3, 0.4) is 0 Å². The Morgan fingerprint density at radius 2 is 1.76 bits per heavy atom. The molecule has 0 fully saturated rings. The number of carbonyl (C=O) groups is 1. The highest BCUT2D eigenvalue weighted by Crippen LogP contribution is 2.22. The third kappa shape index (κ3) is 6.65. The average molecular weight is 353 g/mol. The van der Waals surface area contributed by atoms with Crippen molar-refractivity contribution in [1.29, 1.82) is 0 Å². The fraction of sp³-hybridized carbons (Fsp3) is 0.462. The second-order valence-electron chi connectivity index (χ2n) is 5.16. The Morgan fingerprint density at radius 3 is 2.19 bits per heavy atom. The number of hydrogen-bond donors (Lipinski definition) is 1. The molecule has 8 heteroatoms. The quantitative estimate of drug-likeness (QED) is 0.855. The minimum Gasteiger partial charge on any atom is -0.325 e. The third-order valence-corrected chi connectivity index (χ3v) is 4.16. The van der Waals surface area contributed by atoms with E-state index < -0.39 is 15.9 Å². The van der Waals surface area contributed by atoms with Crippen molar-refractivity contribution in [3.05, 3.63) is 28.2 Å². The molecule has 0 unspecified atom stereocenters. The predicted octanol–water partition coefficient (Wildman–Crippen LogP) is 2.85. The predicted molar refractivity (Wildman–Crippen MR) is 86.3 cm³/mol. The summed E-state index contributed by atoms with van der Waals surface area (Å²) < 4.78 is 24.5. The molecule has 1 rings (SSSR count). The monoisotopic (exact) mass is 352 g/mol. The van der Waals surface area contributed by atoms with E-state index in [9.17, 15) is 13.2 Å². The highest BCUT2D eigenvalue weighted by Gasteiger charge is 2.21. The molecule has 0 heterocycles. The number of nitrogens with zero attached hydrogens (tertiary/aromatic N) is 1. The number of hydrogen-bond acceptors (Lipinski definition) is 3. The Labute approximate surface area is 135 Å². The highest BCUT2D eigenvalue weighted by molar-refractivity contribution is 7.88. The Morgan fingerprint density at radius 1 is 1.24 bits per heavy atom. The molecular formula is C13H18Cl2N2O3S. The number of carbonyl (C=O) groups excluding carboxylic acids is 1. The molecule has 0 saturated carbocycles. The molecule has 0 spiro atoms. The molecule has 1 N–H and O–H groups in total. The Bertz CT molecular complexity index is 598. The van der Waals surface area contributed by atoms with Gasteiger partial charge in [-0.25, -0.2) is 8.42 Å². The van der Waals surface area contributed by atoms with Gasteiger partial charge in [0.25, 0.3) is 0 Å². The molecular weight excluding hydrogens is 335 g/mol. The number of nitrogens with one attached hydrogen (secondary N) is 1. The molecule has 0 aliphatic heterocycles. The van der Waals surface area contributed by atoms with E-state index in [4.69, 9.17) is 23.2 Å². The lowest BCUT2D eigenvalue weighted by Crippen LogP contribution is -2.39. The standard InChI is InChI=1S/C13H18Cl2N2O3S/c1-9(2)7-17(21(3,19)20)8-13(18)16-12-5-10(14)4-11(15)6-12/h4-6,9H,7-8H2,1-3H3,(H,16,18). The molecule has 0 bridgehead atoms. The van der Waals surface area contributed by atoms with Crippen LogP contribution in [-0.4, -0.2) is 38.0 Å². The van der Waals surface area contributed by atoms with Crippen LogP contribution in [0.1, 0.15) is 13.8 Å². The van der Waals surface area contributed by atoms with E-state index in [0.29, 0.717) is 15.7 Å². The van der Waals surface area contributed by atoms with Gasteiger partial charge in [-0.1, -0.05) is 37.0 Å². The summed E-state index contributed by atoms with van der Waals surface area (Å²) in [5.41, 5.74) is 0.426. The number of benzene rings is 1. The summed E-state index contributed by atoms with van der Waals surface area (Å²) in [6.07, 6.45) is 1.08. The SMILES string of the molecule is CC(C)CN(CC(=O)Nc1cc(Cl)cc(Cl)c1)S(C)(=O)=O. The maximum absolute atomic E-state index is 12.0. The zero-order valence-corrected chi connectivity index (χ0v) is 14.4. The van der Waals surface area contributed by atoms with Gasteiger partial charge in [-0.05, 0) is 24.1 Å². The van der Waals surface area contributed by atoms with E-state index >= 15 is 0 Å². The first-order valence-electron chi connectivity index (χ1n) is 6.29. The van der Waals surface area contributed by atoms with Crippen LogP contribution in [0.25, 0.3) is 0 Å². The highest BCUT2D eigenvalue weighted by atomic mass is 35.5. The number of halogens is 2. The van der Waals surface area contributed by atoms with E-state index in [1.54, 1.807) is 18.2 Å². The number of amides is 1. The molecule has 1 amide bonds. The Balaban J connectivity index is 2.78. The fourth-order valence-corrected chi connectivity index (χ4v) is 3.16. The minimum absolute atomic E-state index is 0.119. The van der Waals surface area contributed by atoms with Gasteiger partial charge < -0.3 is 5.32 Å². The maximum atomic E-state index is 12.0. The van der Waals surface area contributed by atoms with E-state index in [0.717, 1.165) is 10.6 Å². The molecule has 1 aromatic rings. The normalized spacial score (nSPS) is 12.0. The van der Waals surface area contributed by atoms with Crippen molar-refractivity contribution in [3.8, 4) is 0 Å². The number of sulfonamides is 1. The number of rotatable bonds is 6. The van der Waals surface area contributed by atoms with E-state index in [-0.39, 0.29) is 19.0 Å². The first kappa shape index (κ1) is 18.2. The summed E-state index contributed by atoms with van der Waals surface area (Å²) in [6, 6.07) is 4.62. The van der Waals surface area contributed by atoms with Gasteiger partial charge in [-0.3, -0.25) is 4.79 Å². The van der Waals surface area contributed by atoms with Crippen LogP contribution in [0.15, 0.2) is 18.2 Å². The van der Waals surface area contributed by atoms with Crippen molar-refractivity contribution in [2.45, 2.75) is 13.8 Å². The summed E-state index contributed by atoms with van der Waals surface area (Å²) in [7, 11) is -3.44. The maximum Gasteiger partial charge on any atom is 0.239 e. The topological polar surface area (TPSA) is 66.5 Å². The molecule has 0 aliphatic rings. The van der Waals surface area contributed by atoms with Crippen molar-refractivity contribution >= 4 is 44.8 Å². The molecule has 118 valence electrons. The van der Waals surface area contributed by atoms with Crippen LogP contribution in [-0.2, 0) is 14.8 Å². The number of anilines is 1. The molecule has 0 saturated heterocycles. The van der Waals surface area contributed by atoms with Crippen LogP contribution in [0.4, 0.5) is 5.69 Å². The summed E-state index contributed by atoms with van der Waals surface area (Å²) in [4.78, 5) is 12.0. The van der Waals surface area contributed by atoms with Crippen molar-refractivity contribution < 1.29 is 13.2 Å². The summed E-state index contributed by atoms with van der Waals surface area (Å²) in [6.45, 7) is 3.79.